The van der Waals surface area contributed by atoms with Gasteiger partial charge in [0.05, 0.1) is 4.90 Å². The van der Waals surface area contributed by atoms with E-state index >= 15 is 0 Å². The fourth-order valence-corrected chi connectivity index (χ4v) is 2.73. The van der Waals surface area contributed by atoms with Crippen LogP contribution in [-0.4, -0.2) is 25.2 Å². The highest BCUT2D eigenvalue weighted by molar-refractivity contribution is 7.92. The molecule has 0 aromatic heterocycles. The Morgan fingerprint density at radius 3 is 2.60 bits per heavy atom. The van der Waals surface area contributed by atoms with Crippen molar-refractivity contribution in [3.8, 4) is 0 Å². The summed E-state index contributed by atoms with van der Waals surface area (Å²) < 4.78 is 23.2. The van der Waals surface area contributed by atoms with Crippen LogP contribution >= 0.6 is 11.6 Å². The summed E-state index contributed by atoms with van der Waals surface area (Å²) in [5, 5.41) is 8.73. The first-order valence-electron chi connectivity index (χ1n) is 4.03. The van der Waals surface area contributed by atoms with Crippen LogP contribution in [0.25, 0.3) is 0 Å². The molecular formula is C9H9ClO4S. The van der Waals surface area contributed by atoms with E-state index in [1.54, 1.807) is 13.0 Å². The molecule has 0 aliphatic carbocycles. The van der Waals surface area contributed by atoms with Crippen LogP contribution in [-0.2, 0) is 14.6 Å². The number of sulfone groups is 1. The number of rotatable bonds is 3. The summed E-state index contributed by atoms with van der Waals surface area (Å²) in [6.07, 6.45) is 0. The molecule has 15 heavy (non-hydrogen) atoms. The molecule has 1 N–H and O–H groups in total. The molecule has 1 aromatic rings. The summed E-state index contributed by atoms with van der Waals surface area (Å²) in [5.74, 6) is -2.30. The topological polar surface area (TPSA) is 71.4 Å². The average Bonchev–Trinajstić information content (AvgIpc) is 2.06. The van der Waals surface area contributed by atoms with Crippen LogP contribution in [0, 0.1) is 6.92 Å². The van der Waals surface area contributed by atoms with E-state index in [9.17, 15) is 13.2 Å². The molecule has 0 aliphatic heterocycles. The van der Waals surface area contributed by atoms with E-state index in [1.165, 1.54) is 12.1 Å². The van der Waals surface area contributed by atoms with Crippen LogP contribution in [0.4, 0.5) is 0 Å². The predicted molar refractivity (Wildman–Crippen MR) is 55.9 cm³/mol. The molecule has 0 saturated carbocycles. The lowest BCUT2D eigenvalue weighted by Gasteiger charge is -2.05. The van der Waals surface area contributed by atoms with E-state index in [0.717, 1.165) is 0 Å². The van der Waals surface area contributed by atoms with Crippen LogP contribution < -0.4 is 0 Å². The van der Waals surface area contributed by atoms with Crippen molar-refractivity contribution >= 4 is 27.4 Å². The van der Waals surface area contributed by atoms with Crippen LogP contribution in [0.15, 0.2) is 23.1 Å². The Balaban J connectivity index is 3.26. The molecule has 4 nitrogen and oxygen atoms in total. The van der Waals surface area contributed by atoms with E-state index < -0.39 is 21.6 Å². The van der Waals surface area contributed by atoms with E-state index in [1.807, 2.05) is 0 Å². The van der Waals surface area contributed by atoms with Gasteiger partial charge in [0.1, 0.15) is 0 Å². The lowest BCUT2D eigenvalue weighted by molar-refractivity contribution is -0.134. The van der Waals surface area contributed by atoms with Gasteiger partial charge in [-0.2, -0.15) is 0 Å². The van der Waals surface area contributed by atoms with Crippen molar-refractivity contribution in [3.05, 3.63) is 28.8 Å². The van der Waals surface area contributed by atoms with Crippen molar-refractivity contribution in [1.29, 1.82) is 0 Å². The molecule has 1 aromatic carbocycles. The third-order valence-corrected chi connectivity index (χ3v) is 3.77. The third-order valence-electron chi connectivity index (χ3n) is 1.80. The second-order valence-electron chi connectivity index (χ2n) is 3.06. The molecular weight excluding hydrogens is 240 g/mol. The summed E-state index contributed by atoms with van der Waals surface area (Å²) in [4.78, 5) is 10.3. The number of benzene rings is 1. The van der Waals surface area contributed by atoms with Gasteiger partial charge in [0.2, 0.25) is 0 Å². The fraction of sp³-hybridized carbons (Fsp3) is 0.222. The summed E-state index contributed by atoms with van der Waals surface area (Å²) in [5.41, 5.74) is 0.487. The minimum Gasteiger partial charge on any atom is -0.480 e. The normalized spacial score (nSPS) is 11.3. The number of aliphatic carboxylic acids is 1. The largest absolute Gasteiger partial charge is 0.480 e. The average molecular weight is 249 g/mol. The van der Waals surface area contributed by atoms with Gasteiger partial charge in [-0.25, -0.2) is 8.42 Å². The zero-order valence-electron chi connectivity index (χ0n) is 7.90. The lowest BCUT2D eigenvalue weighted by Crippen LogP contribution is -2.16. The van der Waals surface area contributed by atoms with Gasteiger partial charge in [-0.3, -0.25) is 4.79 Å². The number of aryl methyl sites for hydroxylation is 1. The van der Waals surface area contributed by atoms with Crippen molar-refractivity contribution in [2.45, 2.75) is 11.8 Å². The molecule has 0 aliphatic rings. The molecule has 82 valence electrons. The van der Waals surface area contributed by atoms with Crippen molar-refractivity contribution in [1.82, 2.24) is 0 Å². The Bertz CT molecular complexity index is 493. The zero-order chi connectivity index (χ0) is 11.6. The Morgan fingerprint density at radius 2 is 2.07 bits per heavy atom. The Kier molecular flexibility index (Phi) is 3.36. The molecule has 0 radical (unpaired) electrons. The number of hydrogen-bond acceptors (Lipinski definition) is 3. The number of carboxylic acid groups (broad SMARTS) is 1. The van der Waals surface area contributed by atoms with E-state index in [0.29, 0.717) is 5.56 Å². The molecule has 0 amide bonds. The maximum atomic E-state index is 11.6. The van der Waals surface area contributed by atoms with Gasteiger partial charge >= 0.3 is 5.97 Å². The van der Waals surface area contributed by atoms with Crippen LogP contribution in [0.5, 0.6) is 0 Å². The Labute approximate surface area is 92.4 Å². The number of carbonyl (C=O) groups is 1. The molecule has 6 heteroatoms. The van der Waals surface area contributed by atoms with Crippen LogP contribution in [0.2, 0.25) is 5.02 Å². The highest BCUT2D eigenvalue weighted by Crippen LogP contribution is 2.21. The quantitative estimate of drug-likeness (QED) is 0.880. The molecule has 0 fully saturated rings. The van der Waals surface area contributed by atoms with Crippen molar-refractivity contribution in [2.75, 3.05) is 5.75 Å². The highest BCUT2D eigenvalue weighted by Gasteiger charge is 2.20. The van der Waals surface area contributed by atoms with Gasteiger partial charge in [0.15, 0.2) is 15.6 Å². The van der Waals surface area contributed by atoms with Crippen LogP contribution in [0.1, 0.15) is 5.56 Å². The lowest BCUT2D eigenvalue weighted by atomic mass is 10.2. The summed E-state index contributed by atoms with van der Waals surface area (Å²) in [7, 11) is -3.80. The van der Waals surface area contributed by atoms with E-state index in [2.05, 4.69) is 0 Å². The highest BCUT2D eigenvalue weighted by atomic mass is 35.5. The van der Waals surface area contributed by atoms with E-state index in [4.69, 9.17) is 16.7 Å². The first kappa shape index (κ1) is 12.0. The smallest absolute Gasteiger partial charge is 0.319 e. The van der Waals surface area contributed by atoms with Gasteiger partial charge in [-0.15, -0.1) is 0 Å². The van der Waals surface area contributed by atoms with Gasteiger partial charge in [0, 0.05) is 5.02 Å². The standard InChI is InChI=1S/C9H9ClO4S/c1-6-2-3-7(10)4-8(6)15(13,14)5-9(11)12/h2-4H,5H2,1H3,(H,11,12). The maximum Gasteiger partial charge on any atom is 0.319 e. The Hall–Kier alpha value is -1.07. The second kappa shape index (κ2) is 4.20. The molecule has 0 atom stereocenters. The number of halogens is 1. The zero-order valence-corrected chi connectivity index (χ0v) is 9.47. The van der Waals surface area contributed by atoms with Gasteiger partial charge in [-0.1, -0.05) is 17.7 Å². The van der Waals surface area contributed by atoms with E-state index in [-0.39, 0.29) is 9.92 Å². The molecule has 1 rings (SSSR count). The molecule has 0 spiro atoms. The second-order valence-corrected chi connectivity index (χ2v) is 5.46. The molecule has 0 saturated heterocycles. The minimum absolute atomic E-state index is 0.0302. The molecule has 0 unspecified atom stereocenters. The number of carboxylic acids is 1. The summed E-state index contributed by atoms with van der Waals surface area (Å²) in [6.45, 7) is 1.59. The first-order chi connectivity index (χ1) is 6.83. The molecule has 0 heterocycles. The predicted octanol–water partition coefficient (Wildman–Crippen LogP) is 1.51. The van der Waals surface area contributed by atoms with Gasteiger partial charge in [0.25, 0.3) is 0 Å². The maximum absolute atomic E-state index is 11.6. The summed E-state index contributed by atoms with van der Waals surface area (Å²) in [6, 6.07) is 4.35. The third kappa shape index (κ3) is 2.94. The number of hydrogen-bond donors (Lipinski definition) is 1. The minimum atomic E-state index is -3.80. The SMILES string of the molecule is Cc1ccc(Cl)cc1S(=O)(=O)CC(=O)O. The molecule has 0 bridgehead atoms. The van der Waals surface area contributed by atoms with Gasteiger partial charge in [-0.05, 0) is 24.6 Å². The van der Waals surface area contributed by atoms with Crippen LogP contribution in [0.3, 0.4) is 0 Å². The van der Waals surface area contributed by atoms with Gasteiger partial charge < -0.3 is 5.11 Å². The first-order valence-corrected chi connectivity index (χ1v) is 6.06. The monoisotopic (exact) mass is 248 g/mol. The van der Waals surface area contributed by atoms with Crippen molar-refractivity contribution in [2.24, 2.45) is 0 Å². The van der Waals surface area contributed by atoms with Crippen molar-refractivity contribution < 1.29 is 18.3 Å². The Morgan fingerprint density at radius 1 is 1.47 bits per heavy atom. The summed E-state index contributed by atoms with van der Waals surface area (Å²) >= 11 is 5.65. The fourth-order valence-electron chi connectivity index (χ4n) is 1.15. The van der Waals surface area contributed by atoms with Crippen molar-refractivity contribution in [3.63, 3.8) is 0 Å².